The number of rotatable bonds is 4. The molecule has 0 unspecified atom stereocenters. The summed E-state index contributed by atoms with van der Waals surface area (Å²) in [4.78, 5) is 20.4. The molecular weight excluding hydrogens is 228 g/mol. The molecule has 17 heavy (non-hydrogen) atoms. The van der Waals surface area contributed by atoms with E-state index in [4.69, 9.17) is 9.52 Å². The van der Waals surface area contributed by atoms with Crippen molar-refractivity contribution in [2.45, 2.75) is 6.54 Å². The fourth-order valence-electron chi connectivity index (χ4n) is 1.40. The maximum absolute atomic E-state index is 10.6. The van der Waals surface area contributed by atoms with Gasteiger partial charge in [0.05, 0.1) is 18.2 Å². The lowest BCUT2D eigenvalue weighted by molar-refractivity contribution is -0.402. The van der Waals surface area contributed by atoms with Crippen LogP contribution in [0.2, 0.25) is 0 Å². The first kappa shape index (κ1) is 10.9. The molecule has 7 heteroatoms. The Balaban J connectivity index is 2.13. The summed E-state index contributed by atoms with van der Waals surface area (Å²) in [5.41, 5.74) is 0.158. The second-order valence-corrected chi connectivity index (χ2v) is 3.37. The third-order valence-electron chi connectivity index (χ3n) is 2.16. The van der Waals surface area contributed by atoms with Crippen molar-refractivity contribution in [3.63, 3.8) is 0 Å². The predicted molar refractivity (Wildman–Crippen MR) is 55.9 cm³/mol. The van der Waals surface area contributed by atoms with Crippen LogP contribution in [-0.4, -0.2) is 20.6 Å². The summed E-state index contributed by atoms with van der Waals surface area (Å²) >= 11 is 0. The molecule has 0 bridgehead atoms. The van der Waals surface area contributed by atoms with Gasteiger partial charge in [-0.05, 0) is 12.1 Å². The lowest BCUT2D eigenvalue weighted by Gasteiger charge is -1.97. The van der Waals surface area contributed by atoms with E-state index in [-0.39, 0.29) is 18.0 Å². The van der Waals surface area contributed by atoms with E-state index in [1.165, 1.54) is 24.4 Å². The zero-order valence-corrected chi connectivity index (χ0v) is 8.57. The molecule has 0 saturated carbocycles. The van der Waals surface area contributed by atoms with Gasteiger partial charge in [-0.2, -0.15) is 0 Å². The Kier molecular flexibility index (Phi) is 2.65. The van der Waals surface area contributed by atoms with E-state index < -0.39 is 10.9 Å². The first-order valence-corrected chi connectivity index (χ1v) is 4.68. The van der Waals surface area contributed by atoms with Crippen molar-refractivity contribution in [2.24, 2.45) is 0 Å². The van der Waals surface area contributed by atoms with Crippen molar-refractivity contribution in [3.8, 4) is 0 Å². The van der Waals surface area contributed by atoms with E-state index in [0.29, 0.717) is 5.76 Å². The van der Waals surface area contributed by atoms with Crippen molar-refractivity contribution in [2.75, 3.05) is 0 Å². The highest BCUT2D eigenvalue weighted by atomic mass is 16.6. The van der Waals surface area contributed by atoms with E-state index in [0.717, 1.165) is 0 Å². The fraction of sp³-hybridized carbons (Fsp3) is 0.100. The number of aromatic nitrogens is 1. The Morgan fingerprint density at radius 1 is 1.47 bits per heavy atom. The van der Waals surface area contributed by atoms with Crippen molar-refractivity contribution in [3.05, 3.63) is 52.0 Å². The van der Waals surface area contributed by atoms with E-state index in [2.05, 4.69) is 0 Å². The van der Waals surface area contributed by atoms with E-state index >= 15 is 0 Å². The number of nitrogens with zero attached hydrogens (tertiary/aromatic N) is 2. The maximum atomic E-state index is 10.6. The Morgan fingerprint density at radius 2 is 2.24 bits per heavy atom. The number of carboxylic acid groups (broad SMARTS) is 1. The normalized spacial score (nSPS) is 10.4. The third-order valence-corrected chi connectivity index (χ3v) is 2.16. The molecule has 2 aromatic rings. The standard InChI is InChI=1S/C10H8N2O5/c13-10(14)7-3-4-11(5-7)6-8-1-2-9(17-8)12(15)16/h1-5H,6H2,(H,13,14). The summed E-state index contributed by atoms with van der Waals surface area (Å²) in [5.74, 6) is -0.955. The number of hydrogen-bond donors (Lipinski definition) is 1. The van der Waals surface area contributed by atoms with E-state index in [1.807, 2.05) is 0 Å². The van der Waals surface area contributed by atoms with Crippen LogP contribution in [0.3, 0.4) is 0 Å². The minimum Gasteiger partial charge on any atom is -0.478 e. The monoisotopic (exact) mass is 236 g/mol. The van der Waals surface area contributed by atoms with Crippen LogP contribution in [0, 0.1) is 10.1 Å². The van der Waals surface area contributed by atoms with Crippen LogP contribution < -0.4 is 0 Å². The quantitative estimate of drug-likeness (QED) is 0.643. The summed E-state index contributed by atoms with van der Waals surface area (Å²) in [6.07, 6.45) is 2.99. The van der Waals surface area contributed by atoms with Gasteiger partial charge in [0, 0.05) is 12.4 Å². The van der Waals surface area contributed by atoms with Crippen molar-refractivity contribution < 1.29 is 19.2 Å². The van der Waals surface area contributed by atoms with Crippen LogP contribution in [0.25, 0.3) is 0 Å². The second kappa shape index (κ2) is 4.12. The molecule has 0 aromatic carbocycles. The molecule has 2 rings (SSSR count). The molecule has 2 aromatic heterocycles. The van der Waals surface area contributed by atoms with Crippen molar-refractivity contribution in [1.29, 1.82) is 0 Å². The lowest BCUT2D eigenvalue weighted by atomic mass is 10.3. The van der Waals surface area contributed by atoms with Gasteiger partial charge in [0.1, 0.15) is 10.7 Å². The average molecular weight is 236 g/mol. The van der Waals surface area contributed by atoms with Crippen molar-refractivity contribution >= 4 is 11.9 Å². The topological polar surface area (TPSA) is 98.5 Å². The van der Waals surface area contributed by atoms with E-state index in [9.17, 15) is 14.9 Å². The number of aromatic carboxylic acids is 1. The Bertz CT molecular complexity index is 519. The summed E-state index contributed by atoms with van der Waals surface area (Å²) in [7, 11) is 0. The van der Waals surface area contributed by atoms with Crippen LogP contribution in [0.4, 0.5) is 5.88 Å². The maximum Gasteiger partial charge on any atom is 0.433 e. The lowest BCUT2D eigenvalue weighted by Crippen LogP contribution is -1.97. The molecule has 88 valence electrons. The molecule has 0 atom stereocenters. The van der Waals surface area contributed by atoms with Gasteiger partial charge in [-0.3, -0.25) is 10.1 Å². The first-order valence-electron chi connectivity index (χ1n) is 4.68. The van der Waals surface area contributed by atoms with Gasteiger partial charge in [0.15, 0.2) is 0 Å². The summed E-state index contributed by atoms with van der Waals surface area (Å²) < 4.78 is 6.53. The van der Waals surface area contributed by atoms with Crippen LogP contribution in [0.15, 0.2) is 35.0 Å². The zero-order valence-electron chi connectivity index (χ0n) is 8.57. The SMILES string of the molecule is O=C(O)c1ccn(Cc2ccc([N+](=O)[O-])o2)c1. The highest BCUT2D eigenvalue weighted by Crippen LogP contribution is 2.16. The van der Waals surface area contributed by atoms with Crippen LogP contribution in [0.5, 0.6) is 0 Å². The number of nitro groups is 1. The molecule has 0 radical (unpaired) electrons. The highest BCUT2D eigenvalue weighted by Gasteiger charge is 2.12. The Labute approximate surface area is 95.0 Å². The van der Waals surface area contributed by atoms with Crippen molar-refractivity contribution in [1.82, 2.24) is 4.57 Å². The molecule has 0 amide bonds. The minimum absolute atomic E-state index is 0.158. The molecule has 0 fully saturated rings. The molecule has 2 heterocycles. The van der Waals surface area contributed by atoms with Gasteiger partial charge in [-0.15, -0.1) is 0 Å². The number of carboxylic acids is 1. The summed E-state index contributed by atoms with van der Waals surface area (Å²) in [6, 6.07) is 4.19. The predicted octanol–water partition coefficient (Wildman–Crippen LogP) is 1.74. The molecule has 0 aliphatic carbocycles. The molecule has 1 N–H and O–H groups in total. The van der Waals surface area contributed by atoms with Crippen LogP contribution >= 0.6 is 0 Å². The summed E-state index contributed by atoms with van der Waals surface area (Å²) in [5, 5.41) is 19.1. The molecule has 7 nitrogen and oxygen atoms in total. The van der Waals surface area contributed by atoms with Crippen LogP contribution in [0.1, 0.15) is 16.1 Å². The Morgan fingerprint density at radius 3 is 2.76 bits per heavy atom. The molecule has 0 aliphatic heterocycles. The molecular formula is C10H8N2O5. The number of furan rings is 1. The van der Waals surface area contributed by atoms with Gasteiger partial charge in [0.2, 0.25) is 0 Å². The number of hydrogen-bond acceptors (Lipinski definition) is 4. The third kappa shape index (κ3) is 2.33. The van der Waals surface area contributed by atoms with E-state index in [1.54, 1.807) is 10.8 Å². The van der Waals surface area contributed by atoms with Crippen LogP contribution in [-0.2, 0) is 6.54 Å². The summed E-state index contributed by atoms with van der Waals surface area (Å²) in [6.45, 7) is 0.251. The van der Waals surface area contributed by atoms with Gasteiger partial charge in [0.25, 0.3) is 0 Å². The minimum atomic E-state index is -1.02. The average Bonchev–Trinajstić information content (AvgIpc) is 2.87. The zero-order chi connectivity index (χ0) is 12.4. The van der Waals surface area contributed by atoms with Gasteiger partial charge in [-0.1, -0.05) is 0 Å². The highest BCUT2D eigenvalue weighted by molar-refractivity contribution is 5.87. The van der Waals surface area contributed by atoms with Gasteiger partial charge >= 0.3 is 11.9 Å². The second-order valence-electron chi connectivity index (χ2n) is 3.37. The number of carbonyl (C=O) groups is 1. The molecule has 0 saturated heterocycles. The fourth-order valence-corrected chi connectivity index (χ4v) is 1.40. The Hall–Kier alpha value is -2.57. The molecule has 0 spiro atoms. The van der Waals surface area contributed by atoms with Gasteiger partial charge in [-0.25, -0.2) is 4.79 Å². The smallest absolute Gasteiger partial charge is 0.433 e. The largest absolute Gasteiger partial charge is 0.478 e. The molecule has 0 aliphatic rings. The van der Waals surface area contributed by atoms with Gasteiger partial charge < -0.3 is 14.1 Å². The first-order chi connectivity index (χ1) is 8.06.